The van der Waals surface area contributed by atoms with Gasteiger partial charge in [-0.1, -0.05) is 31.7 Å². The minimum absolute atomic E-state index is 0.241. The summed E-state index contributed by atoms with van der Waals surface area (Å²) in [6, 6.07) is 13.7. The first kappa shape index (κ1) is 23.7. The third-order valence-electron chi connectivity index (χ3n) is 7.43. The van der Waals surface area contributed by atoms with Gasteiger partial charge in [-0.25, -0.2) is 19.5 Å². The van der Waals surface area contributed by atoms with E-state index >= 15 is 0 Å². The second-order valence-electron chi connectivity index (χ2n) is 10.7. The van der Waals surface area contributed by atoms with E-state index in [1.807, 2.05) is 29.0 Å². The molecule has 4 aromatic rings. The van der Waals surface area contributed by atoms with Crippen molar-refractivity contribution in [3.8, 4) is 22.5 Å². The fraction of sp³-hybridized carbons (Fsp3) is 0.448. The van der Waals surface area contributed by atoms with Gasteiger partial charge in [0, 0.05) is 36.1 Å². The van der Waals surface area contributed by atoms with Gasteiger partial charge in [-0.15, -0.1) is 0 Å². The lowest BCUT2D eigenvalue weighted by atomic mass is 10.0. The van der Waals surface area contributed by atoms with Gasteiger partial charge in [0.25, 0.3) is 0 Å². The third kappa shape index (κ3) is 5.10. The number of fused-ring (bicyclic) bond motifs is 1. The summed E-state index contributed by atoms with van der Waals surface area (Å²) in [6.07, 6.45) is 13.6. The summed E-state index contributed by atoms with van der Waals surface area (Å²) >= 11 is 0. The Labute approximate surface area is 218 Å². The molecule has 0 saturated heterocycles. The number of pyridine rings is 2. The first-order valence-corrected chi connectivity index (χ1v) is 13.8. The van der Waals surface area contributed by atoms with Gasteiger partial charge in [0.2, 0.25) is 5.95 Å². The summed E-state index contributed by atoms with van der Waals surface area (Å²) in [7, 11) is 0. The molecule has 0 bridgehead atoms. The summed E-state index contributed by atoms with van der Waals surface area (Å²) in [5.41, 5.74) is 4.80. The minimum Gasteiger partial charge on any atom is -0.367 e. The van der Waals surface area contributed by atoms with Gasteiger partial charge in [-0.2, -0.15) is 5.10 Å². The lowest BCUT2D eigenvalue weighted by molar-refractivity contribution is 0.742. The van der Waals surface area contributed by atoms with Crippen LogP contribution in [0, 0.1) is 0 Å². The maximum absolute atomic E-state index is 5.18. The molecule has 4 heterocycles. The molecule has 0 aliphatic heterocycles. The van der Waals surface area contributed by atoms with Gasteiger partial charge in [-0.05, 0) is 69.9 Å². The Morgan fingerprint density at radius 3 is 2.35 bits per heavy atom. The van der Waals surface area contributed by atoms with E-state index in [-0.39, 0.29) is 6.04 Å². The molecule has 37 heavy (non-hydrogen) atoms. The number of rotatable bonds is 8. The molecule has 2 aliphatic carbocycles. The van der Waals surface area contributed by atoms with E-state index in [4.69, 9.17) is 10.1 Å². The van der Waals surface area contributed by atoms with Crippen molar-refractivity contribution in [2.45, 2.75) is 83.3 Å². The van der Waals surface area contributed by atoms with Crippen LogP contribution in [0.1, 0.15) is 65.2 Å². The van der Waals surface area contributed by atoms with Crippen molar-refractivity contribution in [1.29, 1.82) is 0 Å². The van der Waals surface area contributed by atoms with Gasteiger partial charge in [0.15, 0.2) is 0 Å². The predicted octanol–water partition coefficient (Wildman–Crippen LogP) is 6.38. The molecule has 4 aromatic heterocycles. The van der Waals surface area contributed by atoms with Crippen LogP contribution in [0.3, 0.4) is 0 Å². The standard InChI is InChI=1S/C29H36N8/c1-19(2)32-29-31-17-15-23(35-29)27-24-12-7-13-26(34-22-10-5-6-11-22)37(24)36-28(27)20-14-16-30-25(18-20)33-21-8-3-4-9-21/h7,12-19,21-22,34H,3-6,8-11H2,1-2H3,(H,30,33)(H,31,32,35). The summed E-state index contributed by atoms with van der Waals surface area (Å²) in [5, 5.41) is 15.9. The van der Waals surface area contributed by atoms with Crippen LogP contribution in [0.2, 0.25) is 0 Å². The maximum atomic E-state index is 5.18. The average Bonchev–Trinajstić information content (AvgIpc) is 3.66. The van der Waals surface area contributed by atoms with Crippen LogP contribution in [0.5, 0.6) is 0 Å². The topological polar surface area (TPSA) is 92.1 Å². The summed E-state index contributed by atoms with van der Waals surface area (Å²) < 4.78 is 2.05. The van der Waals surface area contributed by atoms with Crippen molar-refractivity contribution >= 4 is 23.1 Å². The molecule has 2 fully saturated rings. The van der Waals surface area contributed by atoms with Crippen LogP contribution in [-0.2, 0) is 0 Å². The van der Waals surface area contributed by atoms with Crippen LogP contribution in [0.4, 0.5) is 17.6 Å². The number of hydrogen-bond donors (Lipinski definition) is 3. The highest BCUT2D eigenvalue weighted by Crippen LogP contribution is 2.37. The maximum Gasteiger partial charge on any atom is 0.223 e. The SMILES string of the molecule is CC(C)Nc1nccc(-c2c(-c3ccnc(NC4CCCC4)c3)nn3c(NC4CCCC4)cccc23)n1. The second kappa shape index (κ2) is 10.4. The molecule has 2 saturated carbocycles. The quantitative estimate of drug-likeness (QED) is 0.261. The fourth-order valence-electron chi connectivity index (χ4n) is 5.67. The van der Waals surface area contributed by atoms with Crippen molar-refractivity contribution in [3.05, 3.63) is 48.8 Å². The van der Waals surface area contributed by atoms with Crippen molar-refractivity contribution in [3.63, 3.8) is 0 Å². The highest BCUT2D eigenvalue weighted by molar-refractivity contribution is 5.92. The Kier molecular flexibility index (Phi) is 6.64. The van der Waals surface area contributed by atoms with Gasteiger partial charge in [0.05, 0.1) is 16.8 Å². The molecule has 0 unspecified atom stereocenters. The second-order valence-corrected chi connectivity index (χ2v) is 10.7. The fourth-order valence-corrected chi connectivity index (χ4v) is 5.67. The van der Waals surface area contributed by atoms with E-state index in [1.54, 1.807) is 0 Å². The molecule has 0 amide bonds. The van der Waals surface area contributed by atoms with Crippen molar-refractivity contribution in [2.24, 2.45) is 0 Å². The van der Waals surface area contributed by atoms with Crippen LogP contribution >= 0.6 is 0 Å². The number of nitrogens with one attached hydrogen (secondary N) is 3. The van der Waals surface area contributed by atoms with E-state index < -0.39 is 0 Å². The van der Waals surface area contributed by atoms with Crippen LogP contribution in [0.25, 0.3) is 28.0 Å². The lowest BCUT2D eigenvalue weighted by Crippen LogP contribution is -2.17. The highest BCUT2D eigenvalue weighted by Gasteiger charge is 2.22. The molecule has 0 aromatic carbocycles. The largest absolute Gasteiger partial charge is 0.367 e. The Morgan fingerprint density at radius 1 is 0.865 bits per heavy atom. The third-order valence-corrected chi connectivity index (χ3v) is 7.43. The van der Waals surface area contributed by atoms with Gasteiger partial charge in [0.1, 0.15) is 17.3 Å². The van der Waals surface area contributed by atoms with Crippen LogP contribution < -0.4 is 16.0 Å². The number of hydrogen-bond acceptors (Lipinski definition) is 7. The predicted molar refractivity (Wildman–Crippen MR) is 150 cm³/mol. The van der Waals surface area contributed by atoms with E-state index in [1.165, 1.54) is 51.4 Å². The van der Waals surface area contributed by atoms with Gasteiger partial charge in [-0.3, -0.25) is 0 Å². The highest BCUT2D eigenvalue weighted by atomic mass is 15.3. The average molecular weight is 497 g/mol. The Hall–Kier alpha value is -3.68. The van der Waals surface area contributed by atoms with Gasteiger partial charge >= 0.3 is 0 Å². The van der Waals surface area contributed by atoms with Crippen LogP contribution in [-0.4, -0.2) is 42.7 Å². The molecular formula is C29H36N8. The summed E-state index contributed by atoms with van der Waals surface area (Å²) in [4.78, 5) is 14.0. The molecule has 8 nitrogen and oxygen atoms in total. The zero-order chi connectivity index (χ0) is 25.2. The Balaban J connectivity index is 1.47. The minimum atomic E-state index is 0.241. The van der Waals surface area contributed by atoms with E-state index in [0.717, 1.165) is 39.7 Å². The molecule has 0 atom stereocenters. The van der Waals surface area contributed by atoms with Crippen LogP contribution in [0.15, 0.2) is 48.8 Å². The molecule has 3 N–H and O–H groups in total. The first-order valence-electron chi connectivity index (χ1n) is 13.8. The van der Waals surface area contributed by atoms with Gasteiger partial charge < -0.3 is 16.0 Å². The summed E-state index contributed by atoms with van der Waals surface area (Å²) in [6.45, 7) is 4.18. The lowest BCUT2D eigenvalue weighted by Gasteiger charge is -2.14. The van der Waals surface area contributed by atoms with E-state index in [2.05, 4.69) is 64.0 Å². The molecule has 6 rings (SSSR count). The van der Waals surface area contributed by atoms with E-state index in [9.17, 15) is 0 Å². The van der Waals surface area contributed by atoms with Crippen molar-refractivity contribution in [2.75, 3.05) is 16.0 Å². The number of nitrogens with zero attached hydrogens (tertiary/aromatic N) is 5. The zero-order valence-electron chi connectivity index (χ0n) is 21.7. The first-order chi connectivity index (χ1) is 18.1. The smallest absolute Gasteiger partial charge is 0.223 e. The molecule has 0 spiro atoms. The zero-order valence-corrected chi connectivity index (χ0v) is 21.7. The Morgan fingerprint density at radius 2 is 1.59 bits per heavy atom. The number of aromatic nitrogens is 5. The van der Waals surface area contributed by atoms with E-state index in [0.29, 0.717) is 18.0 Å². The molecule has 2 aliphatic rings. The molecule has 192 valence electrons. The van der Waals surface area contributed by atoms with Crippen molar-refractivity contribution in [1.82, 2.24) is 24.6 Å². The molecule has 8 heteroatoms. The monoisotopic (exact) mass is 496 g/mol. The molecular weight excluding hydrogens is 460 g/mol. The summed E-state index contributed by atoms with van der Waals surface area (Å²) in [5.74, 6) is 2.54. The van der Waals surface area contributed by atoms with Crippen molar-refractivity contribution < 1.29 is 0 Å². The molecule has 0 radical (unpaired) electrons. The Bertz CT molecular complexity index is 1370. The normalized spacial score (nSPS) is 16.6. The number of anilines is 3.